The standard InChI is InChI=1S/C34H58O4Si2/c1-33(2,3)39(7,8)37-27(22-21-26-17-13-11-14-18-26)23-24-29-28-19-15-12-16-20-32(35)36-30(28)25-31(29)38-40(9,10)34(4,5)6/h11-15,17-18,27-31H,16,19-25H2,1-10H3/b15-12-/t27-,28+,29+,30-,31?/m0/s1. The van der Waals surface area contributed by atoms with Crippen molar-refractivity contribution in [1.29, 1.82) is 0 Å². The molecule has 5 atom stereocenters. The molecule has 2 aliphatic rings. The Morgan fingerprint density at radius 2 is 1.57 bits per heavy atom. The topological polar surface area (TPSA) is 44.8 Å². The number of carbonyl (C=O) groups is 1. The lowest BCUT2D eigenvalue weighted by Crippen LogP contribution is -2.45. The van der Waals surface area contributed by atoms with Crippen molar-refractivity contribution in [3.05, 3.63) is 48.0 Å². The van der Waals surface area contributed by atoms with Crippen LogP contribution in [-0.2, 0) is 24.8 Å². The fraction of sp³-hybridized carbons (Fsp3) is 0.735. The van der Waals surface area contributed by atoms with Crippen molar-refractivity contribution in [3.8, 4) is 0 Å². The Bertz CT molecular complexity index is 974. The van der Waals surface area contributed by atoms with Crippen LogP contribution in [0.15, 0.2) is 42.5 Å². The smallest absolute Gasteiger partial charge is 0.306 e. The van der Waals surface area contributed by atoms with Gasteiger partial charge in [0.2, 0.25) is 0 Å². The Morgan fingerprint density at radius 3 is 2.20 bits per heavy atom. The minimum atomic E-state index is -1.99. The van der Waals surface area contributed by atoms with Gasteiger partial charge in [-0.15, -0.1) is 0 Å². The third-order valence-corrected chi connectivity index (χ3v) is 19.3. The normalized spacial score (nSPS) is 26.3. The molecule has 1 fully saturated rings. The van der Waals surface area contributed by atoms with Crippen LogP contribution >= 0.6 is 0 Å². The van der Waals surface area contributed by atoms with Gasteiger partial charge in [0.1, 0.15) is 6.10 Å². The molecule has 4 nitrogen and oxygen atoms in total. The molecular weight excluding hydrogens is 529 g/mol. The number of ether oxygens (including phenoxy) is 1. The van der Waals surface area contributed by atoms with Crippen LogP contribution < -0.4 is 0 Å². The van der Waals surface area contributed by atoms with E-state index in [0.717, 1.165) is 44.9 Å². The molecule has 1 aliphatic heterocycles. The summed E-state index contributed by atoms with van der Waals surface area (Å²) in [5, 5.41) is 0.304. The van der Waals surface area contributed by atoms with Gasteiger partial charge in [-0.3, -0.25) is 4.79 Å². The van der Waals surface area contributed by atoms with Gasteiger partial charge in [0.05, 0.1) is 6.10 Å². The van der Waals surface area contributed by atoms with Crippen molar-refractivity contribution in [3.63, 3.8) is 0 Å². The maximum Gasteiger partial charge on any atom is 0.306 e. The van der Waals surface area contributed by atoms with E-state index in [2.05, 4.69) is 110 Å². The van der Waals surface area contributed by atoms with E-state index in [-0.39, 0.29) is 34.4 Å². The molecule has 1 heterocycles. The van der Waals surface area contributed by atoms with Gasteiger partial charge in [0.15, 0.2) is 16.6 Å². The Balaban J connectivity index is 1.85. The fourth-order valence-corrected chi connectivity index (χ4v) is 8.49. The monoisotopic (exact) mass is 586 g/mol. The quantitative estimate of drug-likeness (QED) is 0.156. The first kappa shape index (κ1) is 33.3. The average Bonchev–Trinajstić information content (AvgIpc) is 3.17. The SMILES string of the molecule is CC(C)(C)[Si](C)(C)OC1C[C@@H]2OC(=O)CC/C=C\C[C@@H]2[C@H]1CC[C@H](CCc1ccccc1)O[Si](C)(C)C(C)(C)C. The van der Waals surface area contributed by atoms with Crippen molar-refractivity contribution >= 4 is 22.6 Å². The molecule has 0 radical (unpaired) electrons. The molecule has 226 valence electrons. The van der Waals surface area contributed by atoms with E-state index in [1.807, 2.05) is 0 Å². The van der Waals surface area contributed by atoms with E-state index in [0.29, 0.717) is 18.3 Å². The van der Waals surface area contributed by atoms with Crippen LogP contribution in [-0.4, -0.2) is 40.9 Å². The van der Waals surface area contributed by atoms with Gasteiger partial charge >= 0.3 is 5.97 Å². The molecule has 0 bridgehead atoms. The lowest BCUT2D eigenvalue weighted by Gasteiger charge is -2.41. The first-order valence-corrected chi connectivity index (χ1v) is 21.6. The molecule has 1 aromatic rings. The molecule has 1 saturated carbocycles. The van der Waals surface area contributed by atoms with E-state index < -0.39 is 16.6 Å². The highest BCUT2D eigenvalue weighted by Crippen LogP contribution is 2.47. The van der Waals surface area contributed by atoms with Crippen LogP contribution in [0.1, 0.15) is 92.1 Å². The minimum Gasteiger partial charge on any atom is -0.462 e. The number of esters is 1. The van der Waals surface area contributed by atoms with Crippen LogP contribution in [0.25, 0.3) is 0 Å². The van der Waals surface area contributed by atoms with Gasteiger partial charge < -0.3 is 13.6 Å². The summed E-state index contributed by atoms with van der Waals surface area (Å²) in [6.07, 6.45) is 11.9. The molecule has 3 rings (SSSR count). The number of allylic oxidation sites excluding steroid dienone is 2. The van der Waals surface area contributed by atoms with Crippen molar-refractivity contribution in [2.45, 2.75) is 147 Å². The number of hydrogen-bond acceptors (Lipinski definition) is 4. The van der Waals surface area contributed by atoms with E-state index in [1.165, 1.54) is 5.56 Å². The molecular formula is C34H58O4Si2. The number of hydrogen-bond donors (Lipinski definition) is 0. The first-order valence-electron chi connectivity index (χ1n) is 15.7. The maximum atomic E-state index is 12.6. The molecule has 0 N–H and O–H groups in total. The van der Waals surface area contributed by atoms with Gasteiger partial charge in [-0.05, 0) is 86.3 Å². The predicted molar refractivity (Wildman–Crippen MR) is 173 cm³/mol. The molecule has 1 aliphatic carbocycles. The van der Waals surface area contributed by atoms with Gasteiger partial charge in [-0.25, -0.2) is 0 Å². The molecule has 40 heavy (non-hydrogen) atoms. The summed E-state index contributed by atoms with van der Waals surface area (Å²) in [4.78, 5) is 12.6. The minimum absolute atomic E-state index is 0.0564. The summed E-state index contributed by atoms with van der Waals surface area (Å²) >= 11 is 0. The zero-order chi connectivity index (χ0) is 29.8. The van der Waals surface area contributed by atoms with Crippen LogP contribution in [0.4, 0.5) is 0 Å². The lowest BCUT2D eigenvalue weighted by atomic mass is 9.85. The second kappa shape index (κ2) is 13.4. The molecule has 0 amide bonds. The first-order chi connectivity index (χ1) is 18.5. The van der Waals surface area contributed by atoms with E-state index in [4.69, 9.17) is 13.6 Å². The Hall–Kier alpha value is -1.22. The molecule has 6 heteroatoms. The van der Waals surface area contributed by atoms with E-state index in [1.54, 1.807) is 0 Å². The van der Waals surface area contributed by atoms with Crippen molar-refractivity contribution in [2.75, 3.05) is 0 Å². The predicted octanol–water partition coefficient (Wildman–Crippen LogP) is 9.47. The number of benzene rings is 1. The summed E-state index contributed by atoms with van der Waals surface area (Å²) in [6, 6.07) is 10.8. The highest BCUT2D eigenvalue weighted by atomic mass is 28.4. The Labute approximate surface area is 247 Å². The zero-order valence-electron chi connectivity index (χ0n) is 27.2. The largest absolute Gasteiger partial charge is 0.462 e. The molecule has 1 aromatic carbocycles. The number of rotatable bonds is 10. The number of carbonyl (C=O) groups excluding carboxylic acids is 1. The zero-order valence-corrected chi connectivity index (χ0v) is 29.2. The fourth-order valence-electron chi connectivity index (χ4n) is 5.69. The molecule has 0 aromatic heterocycles. The van der Waals surface area contributed by atoms with E-state index in [9.17, 15) is 4.79 Å². The third kappa shape index (κ3) is 8.89. The summed E-state index contributed by atoms with van der Waals surface area (Å²) in [5.41, 5.74) is 1.37. The lowest BCUT2D eigenvalue weighted by molar-refractivity contribution is -0.151. The second-order valence-electron chi connectivity index (χ2n) is 15.4. The van der Waals surface area contributed by atoms with Crippen molar-refractivity contribution in [1.82, 2.24) is 0 Å². The third-order valence-electron chi connectivity index (χ3n) is 10.3. The average molecular weight is 587 g/mol. The van der Waals surface area contributed by atoms with Crippen molar-refractivity contribution in [2.24, 2.45) is 11.8 Å². The van der Waals surface area contributed by atoms with Gasteiger partial charge in [-0.1, -0.05) is 84.0 Å². The Kier molecular flexibility index (Phi) is 11.1. The molecule has 1 unspecified atom stereocenters. The van der Waals surface area contributed by atoms with Crippen LogP contribution in [0.2, 0.25) is 36.3 Å². The molecule has 0 spiro atoms. The van der Waals surface area contributed by atoms with Crippen LogP contribution in [0.3, 0.4) is 0 Å². The van der Waals surface area contributed by atoms with Gasteiger partial charge in [0, 0.05) is 24.9 Å². The number of fused-ring (bicyclic) bond motifs is 1. The summed E-state index contributed by atoms with van der Waals surface area (Å²) in [6.45, 7) is 23.4. The highest BCUT2D eigenvalue weighted by Gasteiger charge is 2.49. The maximum absolute atomic E-state index is 12.6. The summed E-state index contributed by atoms with van der Waals surface area (Å²) < 4.78 is 20.3. The second-order valence-corrected chi connectivity index (χ2v) is 24.9. The number of aryl methyl sites for hydroxylation is 1. The summed E-state index contributed by atoms with van der Waals surface area (Å²) in [7, 11) is -3.92. The van der Waals surface area contributed by atoms with Crippen LogP contribution in [0, 0.1) is 11.8 Å². The van der Waals surface area contributed by atoms with Crippen molar-refractivity contribution < 1.29 is 18.4 Å². The van der Waals surface area contributed by atoms with Gasteiger partial charge in [-0.2, -0.15) is 0 Å². The van der Waals surface area contributed by atoms with Crippen LogP contribution in [0.5, 0.6) is 0 Å². The van der Waals surface area contributed by atoms with Gasteiger partial charge in [0.25, 0.3) is 0 Å². The summed E-state index contributed by atoms with van der Waals surface area (Å²) in [5.74, 6) is 0.600. The molecule has 0 saturated heterocycles. The highest BCUT2D eigenvalue weighted by molar-refractivity contribution is 6.74. The van der Waals surface area contributed by atoms with E-state index >= 15 is 0 Å². The Morgan fingerprint density at radius 1 is 0.925 bits per heavy atom.